The van der Waals surface area contributed by atoms with Gasteiger partial charge in [-0.2, -0.15) is 0 Å². The molecular formula is C18H25N5OS. The third-order valence-corrected chi connectivity index (χ3v) is 5.15. The van der Waals surface area contributed by atoms with Crippen LogP contribution in [0, 0.1) is 6.92 Å². The third-order valence-electron chi connectivity index (χ3n) is 4.32. The Kier molecular flexibility index (Phi) is 5.96. The quantitative estimate of drug-likeness (QED) is 0.803. The Hall–Kier alpha value is -2.02. The standard InChI is InChI=1S/C18H25N5OS/c1-3-5-16-19-18(21-20-16)25-13-17(24)23-10-8-22(9-11-23)15-7-4-6-14(2)12-15/h4,6-7,12H,3,5,8-11,13H2,1-2H3,(H,19,20,21). The van der Waals surface area contributed by atoms with Crippen LogP contribution in [-0.4, -0.2) is 57.9 Å². The van der Waals surface area contributed by atoms with E-state index in [0.717, 1.165) is 44.8 Å². The fourth-order valence-electron chi connectivity index (χ4n) is 2.95. The number of carbonyl (C=O) groups is 1. The highest BCUT2D eigenvalue weighted by Gasteiger charge is 2.21. The summed E-state index contributed by atoms with van der Waals surface area (Å²) in [5.74, 6) is 1.45. The number of carbonyl (C=O) groups excluding carboxylic acids is 1. The molecule has 0 atom stereocenters. The first-order valence-corrected chi connectivity index (χ1v) is 9.77. The highest BCUT2D eigenvalue weighted by molar-refractivity contribution is 7.99. The molecular weight excluding hydrogens is 334 g/mol. The van der Waals surface area contributed by atoms with E-state index in [2.05, 4.69) is 58.2 Å². The van der Waals surface area contributed by atoms with Gasteiger partial charge in [0.05, 0.1) is 5.75 Å². The summed E-state index contributed by atoms with van der Waals surface area (Å²) < 4.78 is 0. The van der Waals surface area contributed by atoms with Crippen LogP contribution in [0.5, 0.6) is 0 Å². The van der Waals surface area contributed by atoms with Crippen LogP contribution in [0.2, 0.25) is 0 Å². The van der Waals surface area contributed by atoms with Crippen molar-refractivity contribution < 1.29 is 4.79 Å². The predicted molar refractivity (Wildman–Crippen MR) is 101 cm³/mol. The number of hydrogen-bond acceptors (Lipinski definition) is 5. The molecule has 0 spiro atoms. The molecule has 1 aromatic heterocycles. The smallest absolute Gasteiger partial charge is 0.233 e. The molecule has 1 N–H and O–H groups in total. The average molecular weight is 359 g/mol. The van der Waals surface area contributed by atoms with Gasteiger partial charge in [0.2, 0.25) is 11.1 Å². The summed E-state index contributed by atoms with van der Waals surface area (Å²) in [6.45, 7) is 7.50. The van der Waals surface area contributed by atoms with E-state index in [-0.39, 0.29) is 5.91 Å². The lowest BCUT2D eigenvalue weighted by atomic mass is 10.2. The van der Waals surface area contributed by atoms with Gasteiger partial charge in [-0.1, -0.05) is 30.8 Å². The van der Waals surface area contributed by atoms with Gasteiger partial charge in [-0.25, -0.2) is 4.98 Å². The molecule has 7 heteroatoms. The average Bonchev–Trinajstić information content (AvgIpc) is 3.08. The molecule has 1 saturated heterocycles. The van der Waals surface area contributed by atoms with E-state index in [1.807, 2.05) is 4.90 Å². The van der Waals surface area contributed by atoms with Crippen LogP contribution in [0.4, 0.5) is 5.69 Å². The van der Waals surface area contributed by atoms with Crippen molar-refractivity contribution in [3.05, 3.63) is 35.7 Å². The lowest BCUT2D eigenvalue weighted by Crippen LogP contribution is -2.49. The Balaban J connectivity index is 1.46. The minimum atomic E-state index is 0.163. The summed E-state index contributed by atoms with van der Waals surface area (Å²) in [4.78, 5) is 21.1. The van der Waals surface area contributed by atoms with Crippen molar-refractivity contribution in [3.63, 3.8) is 0 Å². The van der Waals surface area contributed by atoms with Crippen molar-refractivity contribution in [2.24, 2.45) is 0 Å². The topological polar surface area (TPSA) is 65.1 Å². The summed E-state index contributed by atoms with van der Waals surface area (Å²) >= 11 is 1.41. The molecule has 1 aliphatic rings. The molecule has 0 unspecified atom stereocenters. The summed E-state index contributed by atoms with van der Waals surface area (Å²) in [7, 11) is 0. The van der Waals surface area contributed by atoms with Gasteiger partial charge in [0, 0.05) is 38.3 Å². The summed E-state index contributed by atoms with van der Waals surface area (Å²) in [5, 5.41) is 7.75. The lowest BCUT2D eigenvalue weighted by Gasteiger charge is -2.36. The van der Waals surface area contributed by atoms with Crippen molar-refractivity contribution in [1.82, 2.24) is 20.1 Å². The second kappa shape index (κ2) is 8.38. The number of amides is 1. The fourth-order valence-corrected chi connectivity index (χ4v) is 3.67. The van der Waals surface area contributed by atoms with E-state index in [1.165, 1.54) is 23.0 Å². The number of rotatable bonds is 6. The van der Waals surface area contributed by atoms with Gasteiger partial charge in [-0.15, -0.1) is 5.10 Å². The van der Waals surface area contributed by atoms with E-state index < -0.39 is 0 Å². The summed E-state index contributed by atoms with van der Waals surface area (Å²) in [6.07, 6.45) is 1.92. The zero-order valence-electron chi connectivity index (χ0n) is 14.9. The van der Waals surface area contributed by atoms with E-state index >= 15 is 0 Å². The number of hydrogen-bond donors (Lipinski definition) is 1. The minimum Gasteiger partial charge on any atom is -0.368 e. The van der Waals surface area contributed by atoms with Crippen molar-refractivity contribution in [2.45, 2.75) is 31.8 Å². The number of piperazine rings is 1. The minimum absolute atomic E-state index is 0.163. The number of nitrogens with zero attached hydrogens (tertiary/aromatic N) is 4. The molecule has 25 heavy (non-hydrogen) atoms. The van der Waals surface area contributed by atoms with Gasteiger partial charge < -0.3 is 9.80 Å². The van der Waals surface area contributed by atoms with Gasteiger partial charge in [0.1, 0.15) is 5.82 Å². The van der Waals surface area contributed by atoms with Gasteiger partial charge in [-0.05, 0) is 31.0 Å². The third kappa shape index (κ3) is 4.75. The Morgan fingerprint density at radius 3 is 2.80 bits per heavy atom. The summed E-state index contributed by atoms with van der Waals surface area (Å²) in [5.41, 5.74) is 2.51. The van der Waals surface area contributed by atoms with Crippen molar-refractivity contribution in [1.29, 1.82) is 0 Å². The van der Waals surface area contributed by atoms with E-state index in [1.54, 1.807) is 0 Å². The summed E-state index contributed by atoms with van der Waals surface area (Å²) in [6, 6.07) is 8.53. The maximum Gasteiger partial charge on any atom is 0.233 e. The van der Waals surface area contributed by atoms with Gasteiger partial charge in [0.15, 0.2) is 0 Å². The monoisotopic (exact) mass is 359 g/mol. The normalized spacial score (nSPS) is 14.8. The first kappa shape index (κ1) is 17.8. The highest BCUT2D eigenvalue weighted by atomic mass is 32.2. The van der Waals surface area contributed by atoms with Gasteiger partial charge in [-0.3, -0.25) is 9.89 Å². The molecule has 2 aromatic rings. The molecule has 6 nitrogen and oxygen atoms in total. The molecule has 134 valence electrons. The molecule has 0 bridgehead atoms. The Morgan fingerprint density at radius 2 is 2.08 bits per heavy atom. The second-order valence-electron chi connectivity index (χ2n) is 6.31. The van der Waals surface area contributed by atoms with Crippen LogP contribution in [0.1, 0.15) is 24.7 Å². The number of aryl methyl sites for hydroxylation is 2. The number of aromatic nitrogens is 3. The van der Waals surface area contributed by atoms with Gasteiger partial charge in [0.25, 0.3) is 0 Å². The van der Waals surface area contributed by atoms with Crippen LogP contribution in [0.15, 0.2) is 29.4 Å². The molecule has 0 radical (unpaired) electrons. The van der Waals surface area contributed by atoms with Crippen LogP contribution >= 0.6 is 11.8 Å². The number of benzene rings is 1. The molecule has 2 heterocycles. The number of nitrogens with one attached hydrogen (secondary N) is 1. The first-order chi connectivity index (χ1) is 12.2. The van der Waals surface area contributed by atoms with Crippen LogP contribution in [0.3, 0.4) is 0 Å². The molecule has 1 aliphatic heterocycles. The zero-order valence-corrected chi connectivity index (χ0v) is 15.7. The lowest BCUT2D eigenvalue weighted by molar-refractivity contribution is -0.128. The number of anilines is 1. The largest absolute Gasteiger partial charge is 0.368 e. The molecule has 3 rings (SSSR count). The molecule has 1 fully saturated rings. The number of thioether (sulfide) groups is 1. The van der Waals surface area contributed by atoms with Gasteiger partial charge >= 0.3 is 0 Å². The number of H-pyrrole nitrogens is 1. The van der Waals surface area contributed by atoms with Crippen LogP contribution < -0.4 is 4.90 Å². The molecule has 0 aliphatic carbocycles. The van der Waals surface area contributed by atoms with Crippen molar-refractivity contribution in [3.8, 4) is 0 Å². The highest BCUT2D eigenvalue weighted by Crippen LogP contribution is 2.19. The molecule has 1 amide bonds. The maximum atomic E-state index is 12.4. The Labute approximate surface area is 153 Å². The first-order valence-electron chi connectivity index (χ1n) is 8.79. The SMILES string of the molecule is CCCc1nc(SCC(=O)N2CCN(c3cccc(C)c3)CC2)n[nH]1. The van der Waals surface area contributed by atoms with Crippen LogP contribution in [0.25, 0.3) is 0 Å². The molecule has 1 aromatic carbocycles. The van der Waals surface area contributed by atoms with E-state index in [4.69, 9.17) is 0 Å². The Bertz CT molecular complexity index is 709. The Morgan fingerprint density at radius 1 is 1.28 bits per heavy atom. The van der Waals surface area contributed by atoms with E-state index in [9.17, 15) is 4.79 Å². The predicted octanol–water partition coefficient (Wildman–Crippen LogP) is 2.51. The zero-order chi connectivity index (χ0) is 17.6. The maximum absolute atomic E-state index is 12.4. The molecule has 0 saturated carbocycles. The number of aromatic amines is 1. The van der Waals surface area contributed by atoms with E-state index in [0.29, 0.717) is 10.9 Å². The fraction of sp³-hybridized carbons (Fsp3) is 0.500. The second-order valence-corrected chi connectivity index (χ2v) is 7.25. The van der Waals surface area contributed by atoms with Crippen molar-refractivity contribution in [2.75, 3.05) is 36.8 Å². The van der Waals surface area contributed by atoms with Crippen molar-refractivity contribution >= 4 is 23.4 Å². The van der Waals surface area contributed by atoms with Crippen LogP contribution in [-0.2, 0) is 11.2 Å².